The number of nitrogens with zero attached hydrogens (tertiary/aromatic N) is 2. The monoisotopic (exact) mass is 210 g/mol. The highest BCUT2D eigenvalue weighted by atomic mass is 16.3. The Morgan fingerprint density at radius 2 is 2.27 bits per heavy atom. The predicted octanol–water partition coefficient (Wildman–Crippen LogP) is 2.15. The van der Waals surface area contributed by atoms with Gasteiger partial charge in [-0.2, -0.15) is 5.10 Å². The predicted molar refractivity (Wildman–Crippen MR) is 61.6 cm³/mol. The summed E-state index contributed by atoms with van der Waals surface area (Å²) in [5.41, 5.74) is 0.631. The molecule has 0 saturated heterocycles. The molecule has 2 unspecified atom stereocenters. The van der Waals surface area contributed by atoms with E-state index < -0.39 is 5.60 Å². The van der Waals surface area contributed by atoms with Crippen LogP contribution in [0.4, 0.5) is 0 Å². The van der Waals surface area contributed by atoms with Crippen LogP contribution >= 0.6 is 0 Å². The molecular weight excluding hydrogens is 188 g/mol. The molecule has 15 heavy (non-hydrogen) atoms. The molecule has 0 aromatic carbocycles. The van der Waals surface area contributed by atoms with Gasteiger partial charge in [0.2, 0.25) is 0 Å². The standard InChI is InChI=1S/C12H22N2O/c1-5-10(2)12(3,15)7-6-11-8-13-14(4)9-11/h8-10,15H,5-7H2,1-4H3. The average Bonchev–Trinajstić information content (AvgIpc) is 2.60. The van der Waals surface area contributed by atoms with Gasteiger partial charge in [-0.25, -0.2) is 0 Å². The fourth-order valence-corrected chi connectivity index (χ4v) is 1.68. The molecule has 1 heterocycles. The van der Waals surface area contributed by atoms with Crippen molar-refractivity contribution in [3.05, 3.63) is 18.0 Å². The minimum atomic E-state index is -0.565. The van der Waals surface area contributed by atoms with Crippen LogP contribution in [0.25, 0.3) is 0 Å². The number of aliphatic hydroxyl groups is 1. The van der Waals surface area contributed by atoms with Gasteiger partial charge < -0.3 is 5.11 Å². The van der Waals surface area contributed by atoms with Gasteiger partial charge in [0.05, 0.1) is 11.8 Å². The summed E-state index contributed by atoms with van der Waals surface area (Å²) in [6.07, 6.45) is 6.58. The second kappa shape index (κ2) is 4.79. The molecule has 3 heteroatoms. The van der Waals surface area contributed by atoms with Crippen LogP contribution in [0.3, 0.4) is 0 Å². The van der Waals surface area contributed by atoms with Crippen LogP contribution in [0.2, 0.25) is 0 Å². The fraction of sp³-hybridized carbons (Fsp3) is 0.750. The molecule has 1 aromatic heterocycles. The third-order valence-corrected chi connectivity index (χ3v) is 3.35. The van der Waals surface area contributed by atoms with E-state index in [1.165, 1.54) is 5.56 Å². The molecule has 0 aliphatic rings. The Balaban J connectivity index is 2.49. The van der Waals surface area contributed by atoms with Crippen LogP contribution < -0.4 is 0 Å². The maximum Gasteiger partial charge on any atom is 0.0648 e. The Bertz CT molecular complexity index is 304. The topological polar surface area (TPSA) is 38.1 Å². The molecule has 3 nitrogen and oxygen atoms in total. The zero-order valence-corrected chi connectivity index (χ0v) is 10.2. The quantitative estimate of drug-likeness (QED) is 0.808. The molecular formula is C12H22N2O. The van der Waals surface area contributed by atoms with Crippen molar-refractivity contribution >= 4 is 0 Å². The van der Waals surface area contributed by atoms with E-state index in [2.05, 4.69) is 18.9 Å². The van der Waals surface area contributed by atoms with E-state index in [1.54, 1.807) is 4.68 Å². The summed E-state index contributed by atoms with van der Waals surface area (Å²) < 4.78 is 1.80. The van der Waals surface area contributed by atoms with Crippen LogP contribution in [0.15, 0.2) is 12.4 Å². The SMILES string of the molecule is CCC(C)C(C)(O)CCc1cnn(C)c1. The van der Waals surface area contributed by atoms with Gasteiger partial charge in [0.25, 0.3) is 0 Å². The van der Waals surface area contributed by atoms with Crippen LogP contribution in [-0.2, 0) is 13.5 Å². The summed E-state index contributed by atoms with van der Waals surface area (Å²) in [5.74, 6) is 0.342. The molecule has 0 radical (unpaired) electrons. The number of aryl methyl sites for hydroxylation is 2. The lowest BCUT2D eigenvalue weighted by molar-refractivity contribution is -0.00284. The molecule has 0 fully saturated rings. The van der Waals surface area contributed by atoms with Gasteiger partial charge in [-0.1, -0.05) is 20.3 Å². The Morgan fingerprint density at radius 1 is 1.60 bits per heavy atom. The third-order valence-electron chi connectivity index (χ3n) is 3.35. The van der Waals surface area contributed by atoms with Gasteiger partial charge in [-0.3, -0.25) is 4.68 Å². The Labute approximate surface area is 92.1 Å². The Hall–Kier alpha value is -0.830. The van der Waals surface area contributed by atoms with Gasteiger partial charge in [0.15, 0.2) is 0 Å². The van der Waals surface area contributed by atoms with Gasteiger partial charge >= 0.3 is 0 Å². The first-order chi connectivity index (χ1) is 6.95. The lowest BCUT2D eigenvalue weighted by Gasteiger charge is -2.29. The number of hydrogen-bond acceptors (Lipinski definition) is 2. The molecule has 0 aliphatic heterocycles. The van der Waals surface area contributed by atoms with Gasteiger partial charge in [-0.15, -0.1) is 0 Å². The molecule has 0 spiro atoms. The minimum Gasteiger partial charge on any atom is -0.390 e. The second-order valence-corrected chi connectivity index (χ2v) is 4.69. The highest BCUT2D eigenvalue weighted by Gasteiger charge is 2.26. The van der Waals surface area contributed by atoms with E-state index in [0.29, 0.717) is 5.92 Å². The van der Waals surface area contributed by atoms with Crippen LogP contribution in [-0.4, -0.2) is 20.5 Å². The normalized spacial score (nSPS) is 17.4. The average molecular weight is 210 g/mol. The van der Waals surface area contributed by atoms with Gasteiger partial charge in [0.1, 0.15) is 0 Å². The lowest BCUT2D eigenvalue weighted by atomic mass is 9.84. The molecule has 86 valence electrons. The van der Waals surface area contributed by atoms with E-state index >= 15 is 0 Å². The summed E-state index contributed by atoms with van der Waals surface area (Å²) in [7, 11) is 1.91. The van der Waals surface area contributed by atoms with E-state index in [1.807, 2.05) is 26.4 Å². The molecule has 0 aliphatic carbocycles. The molecule has 1 rings (SSSR count). The maximum atomic E-state index is 10.2. The van der Waals surface area contributed by atoms with Crippen molar-refractivity contribution in [2.45, 2.75) is 45.6 Å². The van der Waals surface area contributed by atoms with Crippen molar-refractivity contribution in [3.8, 4) is 0 Å². The van der Waals surface area contributed by atoms with Crippen molar-refractivity contribution < 1.29 is 5.11 Å². The molecule has 0 amide bonds. The smallest absolute Gasteiger partial charge is 0.0648 e. The fourth-order valence-electron chi connectivity index (χ4n) is 1.68. The lowest BCUT2D eigenvalue weighted by Crippen LogP contribution is -2.32. The van der Waals surface area contributed by atoms with Crippen LogP contribution in [0.5, 0.6) is 0 Å². The zero-order valence-electron chi connectivity index (χ0n) is 10.2. The summed E-state index contributed by atoms with van der Waals surface area (Å²) in [6, 6.07) is 0. The number of rotatable bonds is 5. The van der Waals surface area contributed by atoms with Crippen LogP contribution in [0.1, 0.15) is 39.2 Å². The van der Waals surface area contributed by atoms with Crippen LogP contribution in [0, 0.1) is 5.92 Å². The number of aromatic nitrogens is 2. The maximum absolute atomic E-state index is 10.2. The summed E-state index contributed by atoms with van der Waals surface area (Å²) in [4.78, 5) is 0. The molecule has 0 bridgehead atoms. The Morgan fingerprint density at radius 3 is 2.73 bits per heavy atom. The first-order valence-electron chi connectivity index (χ1n) is 5.65. The molecule has 0 saturated carbocycles. The van der Waals surface area contributed by atoms with Crippen molar-refractivity contribution in [2.75, 3.05) is 0 Å². The minimum absolute atomic E-state index is 0.342. The largest absolute Gasteiger partial charge is 0.390 e. The summed E-state index contributed by atoms with van der Waals surface area (Å²) in [5, 5.41) is 14.3. The van der Waals surface area contributed by atoms with Crippen molar-refractivity contribution in [1.82, 2.24) is 9.78 Å². The zero-order chi connectivity index (χ0) is 11.5. The van der Waals surface area contributed by atoms with E-state index in [9.17, 15) is 5.11 Å². The highest BCUT2D eigenvalue weighted by molar-refractivity contribution is 5.04. The van der Waals surface area contributed by atoms with E-state index in [-0.39, 0.29) is 0 Å². The number of hydrogen-bond donors (Lipinski definition) is 1. The molecule has 1 N–H and O–H groups in total. The molecule has 2 atom stereocenters. The first kappa shape index (κ1) is 12.2. The van der Waals surface area contributed by atoms with Crippen molar-refractivity contribution in [3.63, 3.8) is 0 Å². The van der Waals surface area contributed by atoms with Gasteiger partial charge in [-0.05, 0) is 31.2 Å². The third kappa shape index (κ3) is 3.34. The van der Waals surface area contributed by atoms with Crippen molar-refractivity contribution in [2.24, 2.45) is 13.0 Å². The van der Waals surface area contributed by atoms with E-state index in [0.717, 1.165) is 19.3 Å². The Kier molecular flexibility index (Phi) is 3.91. The summed E-state index contributed by atoms with van der Waals surface area (Å²) >= 11 is 0. The van der Waals surface area contributed by atoms with Crippen molar-refractivity contribution in [1.29, 1.82) is 0 Å². The summed E-state index contributed by atoms with van der Waals surface area (Å²) in [6.45, 7) is 6.14. The highest BCUT2D eigenvalue weighted by Crippen LogP contribution is 2.25. The van der Waals surface area contributed by atoms with E-state index in [4.69, 9.17) is 0 Å². The van der Waals surface area contributed by atoms with Gasteiger partial charge in [0, 0.05) is 13.2 Å². The first-order valence-corrected chi connectivity index (χ1v) is 5.65. The second-order valence-electron chi connectivity index (χ2n) is 4.69. The molecule has 1 aromatic rings.